The second-order valence-corrected chi connectivity index (χ2v) is 9.05. The van der Waals surface area contributed by atoms with Gasteiger partial charge in [0.15, 0.2) is 0 Å². The first kappa shape index (κ1) is 22.6. The number of carbonyl (C=O) groups excluding carboxylic acids is 1. The Labute approximate surface area is 202 Å². The second-order valence-electron chi connectivity index (χ2n) is 9.05. The van der Waals surface area contributed by atoms with Gasteiger partial charge in [-0.15, -0.1) is 0 Å². The van der Waals surface area contributed by atoms with Gasteiger partial charge in [0.25, 0.3) is 5.91 Å². The van der Waals surface area contributed by atoms with E-state index in [1.807, 2.05) is 42.7 Å². The van der Waals surface area contributed by atoms with Crippen molar-refractivity contribution in [3.05, 3.63) is 64.4 Å². The van der Waals surface area contributed by atoms with Crippen LogP contribution in [-0.4, -0.2) is 32.7 Å². The average molecular weight is 471 g/mol. The number of amides is 1. The van der Waals surface area contributed by atoms with Crippen LogP contribution in [0.2, 0.25) is 0 Å². The minimum Gasteiger partial charge on any atom is -0.383 e. The number of fused-ring (bicyclic) bond motifs is 1. The van der Waals surface area contributed by atoms with Crippen molar-refractivity contribution in [1.29, 1.82) is 0 Å². The van der Waals surface area contributed by atoms with E-state index in [1.54, 1.807) is 7.11 Å². The summed E-state index contributed by atoms with van der Waals surface area (Å²) in [4.78, 5) is 22.4. The fourth-order valence-electron chi connectivity index (χ4n) is 4.23. The number of nitrogen functional groups attached to an aromatic ring is 1. The molecule has 5 rings (SSSR count). The van der Waals surface area contributed by atoms with Crippen LogP contribution in [-0.2, 0) is 16.9 Å². The lowest BCUT2D eigenvalue weighted by molar-refractivity contribution is 0.102. The Bertz CT molecular complexity index is 1480. The average Bonchev–Trinajstić information content (AvgIpc) is 3.35. The molecule has 35 heavy (non-hydrogen) atoms. The Kier molecular flexibility index (Phi) is 5.53. The number of ether oxygens (including phenoxy) is 1. The van der Waals surface area contributed by atoms with Gasteiger partial charge in [0.2, 0.25) is 0 Å². The van der Waals surface area contributed by atoms with E-state index in [1.165, 1.54) is 6.33 Å². The third-order valence-corrected chi connectivity index (χ3v) is 6.38. The van der Waals surface area contributed by atoms with Gasteiger partial charge in [-0.1, -0.05) is 23.2 Å². The summed E-state index contributed by atoms with van der Waals surface area (Å²) < 4.78 is 12.5. The van der Waals surface area contributed by atoms with Gasteiger partial charge < -0.3 is 24.9 Å². The second kappa shape index (κ2) is 8.56. The topological polar surface area (TPSA) is 121 Å². The predicted molar refractivity (Wildman–Crippen MR) is 132 cm³/mol. The summed E-state index contributed by atoms with van der Waals surface area (Å²) in [5.74, 6) is 6.93. The highest BCUT2D eigenvalue weighted by Crippen LogP contribution is 2.47. The van der Waals surface area contributed by atoms with Crippen molar-refractivity contribution in [1.82, 2.24) is 19.7 Å². The number of benzene rings is 1. The van der Waals surface area contributed by atoms with E-state index in [0.717, 1.165) is 18.4 Å². The summed E-state index contributed by atoms with van der Waals surface area (Å²) >= 11 is 0. The molecular weight excluding hydrogens is 444 g/mol. The number of aromatic nitrogens is 4. The van der Waals surface area contributed by atoms with Crippen LogP contribution in [0.4, 0.5) is 11.5 Å². The molecule has 3 heterocycles. The molecule has 0 radical (unpaired) electrons. The summed E-state index contributed by atoms with van der Waals surface area (Å²) in [5, 5.41) is 7.47. The number of hydrogen-bond acceptors (Lipinski definition) is 7. The molecule has 0 spiro atoms. The minimum atomic E-state index is -0.331. The number of aryl methyl sites for hydroxylation is 2. The van der Waals surface area contributed by atoms with Gasteiger partial charge in [0.1, 0.15) is 29.2 Å². The highest BCUT2D eigenvalue weighted by Gasteiger charge is 2.44. The molecule has 3 aromatic heterocycles. The van der Waals surface area contributed by atoms with Crippen molar-refractivity contribution in [3.63, 3.8) is 0 Å². The van der Waals surface area contributed by atoms with E-state index in [2.05, 4.69) is 39.2 Å². The standard InChI is InChI=1S/C26H26N6O3/c1-15-19(16(2)35-31-15)9-10-20-21(25(33)30-18-7-5-17(6-8-18)13-34-4)22-23(27)28-14-29-24(22)32(20)26(3)11-12-26/h5-8,14H,11-13H2,1-4H3,(H,30,33)(H2,27,28,29). The third kappa shape index (κ3) is 4.02. The molecule has 0 unspecified atom stereocenters. The highest BCUT2D eigenvalue weighted by molar-refractivity contribution is 6.16. The Hall–Kier alpha value is -4.16. The summed E-state index contributed by atoms with van der Waals surface area (Å²) in [6.45, 7) is 6.27. The van der Waals surface area contributed by atoms with Gasteiger partial charge in [0.05, 0.1) is 28.8 Å². The molecule has 178 valence electrons. The number of anilines is 2. The zero-order chi connectivity index (χ0) is 24.7. The summed E-state index contributed by atoms with van der Waals surface area (Å²) in [6, 6.07) is 7.48. The first-order chi connectivity index (χ1) is 16.8. The molecular formula is C26H26N6O3. The van der Waals surface area contributed by atoms with Crippen molar-refractivity contribution in [2.45, 2.75) is 45.8 Å². The number of methoxy groups -OCH3 is 1. The maximum absolute atomic E-state index is 13.7. The van der Waals surface area contributed by atoms with E-state index in [-0.39, 0.29) is 17.3 Å². The van der Waals surface area contributed by atoms with Crippen molar-refractivity contribution in [2.75, 3.05) is 18.2 Å². The maximum Gasteiger partial charge on any atom is 0.259 e. The highest BCUT2D eigenvalue weighted by atomic mass is 16.5. The Balaban J connectivity index is 1.67. The summed E-state index contributed by atoms with van der Waals surface area (Å²) in [5.41, 5.74) is 10.6. The molecule has 1 aliphatic rings. The number of hydrogen-bond donors (Lipinski definition) is 2. The molecule has 4 aromatic rings. The van der Waals surface area contributed by atoms with E-state index in [4.69, 9.17) is 15.0 Å². The van der Waals surface area contributed by atoms with Gasteiger partial charge in [-0.2, -0.15) is 0 Å². The Morgan fingerprint density at radius 3 is 2.60 bits per heavy atom. The normalized spacial score (nSPS) is 13.9. The zero-order valence-corrected chi connectivity index (χ0v) is 20.1. The lowest BCUT2D eigenvalue weighted by Crippen LogP contribution is -2.18. The maximum atomic E-state index is 13.7. The molecule has 3 N–H and O–H groups in total. The van der Waals surface area contributed by atoms with Gasteiger partial charge >= 0.3 is 0 Å². The van der Waals surface area contributed by atoms with E-state index in [9.17, 15) is 4.79 Å². The number of nitrogens with two attached hydrogens (primary N) is 1. The van der Waals surface area contributed by atoms with Gasteiger partial charge in [0, 0.05) is 18.3 Å². The van der Waals surface area contributed by atoms with Crippen LogP contribution in [0.5, 0.6) is 0 Å². The first-order valence-corrected chi connectivity index (χ1v) is 11.3. The summed E-state index contributed by atoms with van der Waals surface area (Å²) in [6.07, 6.45) is 3.31. The number of nitrogens with one attached hydrogen (secondary N) is 1. The number of carbonyl (C=O) groups is 1. The van der Waals surface area contributed by atoms with E-state index >= 15 is 0 Å². The number of nitrogens with zero attached hydrogens (tertiary/aromatic N) is 4. The zero-order valence-electron chi connectivity index (χ0n) is 20.1. The molecule has 0 atom stereocenters. The largest absolute Gasteiger partial charge is 0.383 e. The molecule has 1 aliphatic carbocycles. The lowest BCUT2D eigenvalue weighted by atomic mass is 10.1. The first-order valence-electron chi connectivity index (χ1n) is 11.3. The monoisotopic (exact) mass is 470 g/mol. The van der Waals surface area contributed by atoms with Crippen LogP contribution >= 0.6 is 0 Å². The number of rotatable bonds is 5. The predicted octanol–water partition coefficient (Wildman–Crippen LogP) is 3.93. The third-order valence-electron chi connectivity index (χ3n) is 6.38. The molecule has 1 fully saturated rings. The molecule has 0 bridgehead atoms. The molecule has 9 heteroatoms. The van der Waals surface area contributed by atoms with Crippen LogP contribution in [0.1, 0.15) is 58.4 Å². The van der Waals surface area contributed by atoms with Crippen LogP contribution in [0.25, 0.3) is 11.0 Å². The van der Waals surface area contributed by atoms with Crippen molar-refractivity contribution in [3.8, 4) is 11.8 Å². The molecule has 0 saturated heterocycles. The molecule has 1 saturated carbocycles. The van der Waals surface area contributed by atoms with Crippen LogP contribution < -0.4 is 11.1 Å². The van der Waals surface area contributed by atoms with Crippen LogP contribution in [0, 0.1) is 25.7 Å². The molecule has 0 aliphatic heterocycles. The molecule has 9 nitrogen and oxygen atoms in total. The summed E-state index contributed by atoms with van der Waals surface area (Å²) in [7, 11) is 1.64. The smallest absolute Gasteiger partial charge is 0.259 e. The fraction of sp³-hybridized carbons (Fsp3) is 0.308. The quantitative estimate of drug-likeness (QED) is 0.424. The fourth-order valence-corrected chi connectivity index (χ4v) is 4.23. The van der Waals surface area contributed by atoms with Crippen LogP contribution in [0.15, 0.2) is 35.1 Å². The van der Waals surface area contributed by atoms with Gasteiger partial charge in [-0.3, -0.25) is 4.79 Å². The van der Waals surface area contributed by atoms with Crippen molar-refractivity contribution >= 4 is 28.4 Å². The minimum absolute atomic E-state index is 0.206. The Morgan fingerprint density at radius 1 is 1.23 bits per heavy atom. The van der Waals surface area contributed by atoms with E-state index < -0.39 is 0 Å². The van der Waals surface area contributed by atoms with Gasteiger partial charge in [-0.05, 0) is 57.2 Å². The van der Waals surface area contributed by atoms with E-state index in [0.29, 0.717) is 51.6 Å². The lowest BCUT2D eigenvalue weighted by Gasteiger charge is -2.14. The van der Waals surface area contributed by atoms with Gasteiger partial charge in [-0.25, -0.2) is 9.97 Å². The van der Waals surface area contributed by atoms with Crippen molar-refractivity contribution < 1.29 is 14.1 Å². The Morgan fingerprint density at radius 2 is 1.97 bits per heavy atom. The molecule has 1 amide bonds. The SMILES string of the molecule is COCc1ccc(NC(=O)c2c(C#Cc3c(C)noc3C)n(C3(C)CC3)c3ncnc(N)c23)cc1. The molecule has 1 aromatic carbocycles. The van der Waals surface area contributed by atoms with Crippen molar-refractivity contribution in [2.24, 2.45) is 0 Å². The van der Waals surface area contributed by atoms with Crippen LogP contribution in [0.3, 0.4) is 0 Å².